The van der Waals surface area contributed by atoms with Crippen molar-refractivity contribution in [3.63, 3.8) is 0 Å². The summed E-state index contributed by atoms with van der Waals surface area (Å²) < 4.78 is 11.6. The predicted octanol–water partition coefficient (Wildman–Crippen LogP) is 2.39. The quantitative estimate of drug-likeness (QED) is 0.819. The first kappa shape index (κ1) is 17.2. The number of anilines is 1. The van der Waals surface area contributed by atoms with Crippen LogP contribution in [0.1, 0.15) is 31.2 Å². The molecule has 0 unspecified atom stereocenters. The van der Waals surface area contributed by atoms with Gasteiger partial charge in [-0.15, -0.1) is 0 Å². The second-order valence-electron chi connectivity index (χ2n) is 6.29. The van der Waals surface area contributed by atoms with Gasteiger partial charge in [0, 0.05) is 30.1 Å². The lowest BCUT2D eigenvalue weighted by molar-refractivity contribution is -0.161. The monoisotopic (exact) mass is 352 g/mol. The van der Waals surface area contributed by atoms with E-state index in [4.69, 9.17) is 21.1 Å². The highest BCUT2D eigenvalue weighted by atomic mass is 35.5. The Morgan fingerprint density at radius 1 is 1.29 bits per heavy atom. The topological polar surface area (TPSA) is 76.7 Å². The largest absolute Gasteiger partial charge is 0.347 e. The van der Waals surface area contributed by atoms with E-state index in [1.807, 2.05) is 6.92 Å². The van der Waals surface area contributed by atoms with Gasteiger partial charge in [0.1, 0.15) is 6.10 Å². The summed E-state index contributed by atoms with van der Waals surface area (Å²) in [5.74, 6) is -1.89. The van der Waals surface area contributed by atoms with Gasteiger partial charge in [0.2, 0.25) is 0 Å². The summed E-state index contributed by atoms with van der Waals surface area (Å²) in [6.45, 7) is 2.52. The molecular formula is C17H21ClN2O4. The van der Waals surface area contributed by atoms with E-state index in [1.54, 1.807) is 18.2 Å². The second kappa shape index (κ2) is 7.09. The minimum atomic E-state index is -0.727. The van der Waals surface area contributed by atoms with Crippen LogP contribution in [0.25, 0.3) is 0 Å². The van der Waals surface area contributed by atoms with Crippen LogP contribution in [0.4, 0.5) is 5.69 Å². The molecule has 7 heteroatoms. The highest BCUT2D eigenvalue weighted by Gasteiger charge is 2.43. The van der Waals surface area contributed by atoms with Crippen LogP contribution >= 0.6 is 11.6 Å². The van der Waals surface area contributed by atoms with Crippen molar-refractivity contribution in [1.82, 2.24) is 5.32 Å². The van der Waals surface area contributed by atoms with Gasteiger partial charge in [-0.2, -0.15) is 0 Å². The average molecular weight is 353 g/mol. The summed E-state index contributed by atoms with van der Waals surface area (Å²) in [6, 6.07) is 5.11. The van der Waals surface area contributed by atoms with Gasteiger partial charge in [-0.05, 0) is 37.5 Å². The molecule has 1 aliphatic carbocycles. The Bertz CT molecular complexity index is 643. The summed E-state index contributed by atoms with van der Waals surface area (Å²) in [4.78, 5) is 24.0. The van der Waals surface area contributed by atoms with Crippen LogP contribution in [0.2, 0.25) is 5.02 Å². The average Bonchev–Trinajstić information content (AvgIpc) is 3.18. The van der Waals surface area contributed by atoms with Crippen LogP contribution in [-0.4, -0.2) is 36.9 Å². The van der Waals surface area contributed by atoms with Crippen molar-refractivity contribution < 1.29 is 19.1 Å². The van der Waals surface area contributed by atoms with E-state index < -0.39 is 17.6 Å². The molecule has 3 rings (SSSR count). The number of ether oxygens (including phenoxy) is 2. The Hall–Kier alpha value is -1.63. The van der Waals surface area contributed by atoms with E-state index >= 15 is 0 Å². The fourth-order valence-corrected chi connectivity index (χ4v) is 3.26. The van der Waals surface area contributed by atoms with E-state index in [1.165, 1.54) is 0 Å². The number of rotatable bonds is 3. The lowest BCUT2D eigenvalue weighted by Crippen LogP contribution is -2.40. The lowest BCUT2D eigenvalue weighted by atomic mass is 10.2. The molecule has 2 aliphatic rings. The summed E-state index contributed by atoms with van der Waals surface area (Å²) >= 11 is 5.90. The van der Waals surface area contributed by atoms with Crippen molar-refractivity contribution in [2.24, 2.45) is 0 Å². The molecule has 2 amide bonds. The molecule has 0 aromatic heterocycles. The Morgan fingerprint density at radius 3 is 2.79 bits per heavy atom. The number of hydrogen-bond donors (Lipinski definition) is 2. The van der Waals surface area contributed by atoms with Gasteiger partial charge in [0.25, 0.3) is 0 Å². The highest BCUT2D eigenvalue weighted by Crippen LogP contribution is 2.38. The zero-order valence-electron chi connectivity index (χ0n) is 13.6. The Balaban J connectivity index is 1.48. The molecule has 6 nitrogen and oxygen atoms in total. The molecule has 130 valence electrons. The molecule has 1 aromatic rings. The SMILES string of the molecule is Cc1ccc(Cl)cc1NC(=O)C(=O)NC[C@H]1COC2(CCCC2)O1. The van der Waals surface area contributed by atoms with Crippen molar-refractivity contribution >= 4 is 29.1 Å². The summed E-state index contributed by atoms with van der Waals surface area (Å²) in [6.07, 6.45) is 3.77. The van der Waals surface area contributed by atoms with Crippen molar-refractivity contribution in [3.05, 3.63) is 28.8 Å². The smallest absolute Gasteiger partial charge is 0.313 e. The van der Waals surface area contributed by atoms with Gasteiger partial charge in [0.05, 0.1) is 6.61 Å². The molecular weight excluding hydrogens is 332 g/mol. The van der Waals surface area contributed by atoms with E-state index in [-0.39, 0.29) is 12.6 Å². The van der Waals surface area contributed by atoms with E-state index in [0.29, 0.717) is 17.3 Å². The van der Waals surface area contributed by atoms with Gasteiger partial charge in [-0.3, -0.25) is 9.59 Å². The first-order valence-electron chi connectivity index (χ1n) is 8.15. The molecule has 2 N–H and O–H groups in total. The maximum Gasteiger partial charge on any atom is 0.313 e. The van der Waals surface area contributed by atoms with E-state index in [0.717, 1.165) is 31.2 Å². The minimum Gasteiger partial charge on any atom is -0.347 e. The van der Waals surface area contributed by atoms with Gasteiger partial charge in [-0.25, -0.2) is 0 Å². The molecule has 1 saturated carbocycles. The third-order valence-corrected chi connectivity index (χ3v) is 4.66. The fourth-order valence-electron chi connectivity index (χ4n) is 3.09. The van der Waals surface area contributed by atoms with Crippen LogP contribution in [-0.2, 0) is 19.1 Å². The molecule has 1 heterocycles. The maximum atomic E-state index is 12.0. The van der Waals surface area contributed by atoms with Crippen LogP contribution < -0.4 is 10.6 Å². The molecule has 24 heavy (non-hydrogen) atoms. The molecule has 1 saturated heterocycles. The molecule has 1 spiro atoms. The van der Waals surface area contributed by atoms with Crippen molar-refractivity contribution in [2.75, 3.05) is 18.5 Å². The standard InChI is InChI=1S/C17H21ClN2O4/c1-11-4-5-12(18)8-14(11)20-16(22)15(21)19-9-13-10-23-17(24-13)6-2-3-7-17/h4-5,8,13H,2-3,6-7,9-10H2,1H3,(H,19,21)(H,20,22)/t13-/m0/s1. The first-order valence-corrected chi connectivity index (χ1v) is 8.52. The summed E-state index contributed by atoms with van der Waals surface area (Å²) in [5, 5.41) is 5.66. The molecule has 0 radical (unpaired) electrons. The Morgan fingerprint density at radius 2 is 2.04 bits per heavy atom. The number of nitrogens with one attached hydrogen (secondary N) is 2. The third kappa shape index (κ3) is 3.88. The van der Waals surface area contributed by atoms with Crippen LogP contribution in [0.3, 0.4) is 0 Å². The first-order chi connectivity index (χ1) is 11.5. The molecule has 2 fully saturated rings. The Labute approximate surface area is 145 Å². The van der Waals surface area contributed by atoms with Crippen molar-refractivity contribution in [1.29, 1.82) is 0 Å². The van der Waals surface area contributed by atoms with Crippen LogP contribution in [0, 0.1) is 6.92 Å². The number of hydrogen-bond acceptors (Lipinski definition) is 4. The predicted molar refractivity (Wildman–Crippen MR) is 89.9 cm³/mol. The molecule has 0 bridgehead atoms. The van der Waals surface area contributed by atoms with Gasteiger partial charge in [-0.1, -0.05) is 17.7 Å². The maximum absolute atomic E-state index is 12.0. The summed E-state index contributed by atoms with van der Waals surface area (Å²) in [5.41, 5.74) is 1.35. The minimum absolute atomic E-state index is 0.215. The van der Waals surface area contributed by atoms with Crippen molar-refractivity contribution in [3.8, 4) is 0 Å². The Kier molecular flexibility index (Phi) is 5.08. The number of benzene rings is 1. The molecule has 1 aromatic carbocycles. The number of aryl methyl sites for hydroxylation is 1. The number of halogens is 1. The lowest BCUT2D eigenvalue weighted by Gasteiger charge is -2.21. The zero-order valence-corrected chi connectivity index (χ0v) is 14.3. The molecule has 1 aliphatic heterocycles. The van der Waals surface area contributed by atoms with E-state index in [2.05, 4.69) is 10.6 Å². The van der Waals surface area contributed by atoms with E-state index in [9.17, 15) is 9.59 Å². The zero-order chi connectivity index (χ0) is 17.2. The number of amides is 2. The van der Waals surface area contributed by atoms with Crippen LogP contribution in [0.15, 0.2) is 18.2 Å². The van der Waals surface area contributed by atoms with Gasteiger partial charge >= 0.3 is 11.8 Å². The normalized spacial score (nSPS) is 21.8. The van der Waals surface area contributed by atoms with Gasteiger partial charge in [0.15, 0.2) is 5.79 Å². The van der Waals surface area contributed by atoms with Crippen LogP contribution in [0.5, 0.6) is 0 Å². The van der Waals surface area contributed by atoms with Crippen molar-refractivity contribution in [2.45, 2.75) is 44.5 Å². The highest BCUT2D eigenvalue weighted by molar-refractivity contribution is 6.40. The molecule has 1 atom stereocenters. The number of carbonyl (C=O) groups excluding carboxylic acids is 2. The fraction of sp³-hybridized carbons (Fsp3) is 0.529. The third-order valence-electron chi connectivity index (χ3n) is 4.42. The summed E-state index contributed by atoms with van der Waals surface area (Å²) in [7, 11) is 0. The number of carbonyl (C=O) groups is 2. The van der Waals surface area contributed by atoms with Gasteiger partial charge < -0.3 is 20.1 Å². The second-order valence-corrected chi connectivity index (χ2v) is 6.73.